The van der Waals surface area contributed by atoms with E-state index in [1.807, 2.05) is 0 Å². The number of piperidine rings is 1. The summed E-state index contributed by atoms with van der Waals surface area (Å²) in [5.41, 5.74) is -1.06. The number of hydrogen-bond acceptors (Lipinski definition) is 4. The summed E-state index contributed by atoms with van der Waals surface area (Å²) in [6.45, 7) is 1.53. The van der Waals surface area contributed by atoms with E-state index in [9.17, 15) is 27.1 Å². The van der Waals surface area contributed by atoms with E-state index in [1.165, 1.54) is 13.0 Å². The molecule has 36 heavy (non-hydrogen) atoms. The fourth-order valence-corrected chi connectivity index (χ4v) is 7.64. The number of carbonyl (C=O) groups excluding carboxylic acids is 1. The number of hydrogen-bond donors (Lipinski definition) is 2. The van der Waals surface area contributed by atoms with Crippen LogP contribution < -0.4 is 4.72 Å². The Hall–Kier alpha value is -2.43. The zero-order valence-electron chi connectivity index (χ0n) is 19.7. The van der Waals surface area contributed by atoms with Crippen molar-refractivity contribution in [3.63, 3.8) is 0 Å². The van der Waals surface area contributed by atoms with E-state index < -0.39 is 50.6 Å². The molecule has 4 aliphatic carbocycles. The van der Waals surface area contributed by atoms with E-state index in [2.05, 4.69) is 4.72 Å². The molecule has 4 saturated carbocycles. The second kappa shape index (κ2) is 7.79. The standard InChI is InChI=1S/C26H27F3N2O4S/c1-2-36(34,35)30-23-19-10-20(19)31(24(32)25-11-26(33,12-25)13-25)21(23)8-14-4-3-5-18(22(14)29)15-6-16(27)9-17(28)7-15/h3-7,9,19-21,23,30,33H,2,8,10-13H2,1H3/t19-,20+,21+,23+,25?,26?/m0/s1. The van der Waals surface area contributed by atoms with Crippen LogP contribution in [0.4, 0.5) is 13.2 Å². The number of benzene rings is 2. The predicted octanol–water partition coefficient (Wildman–Crippen LogP) is 3.14. The average Bonchev–Trinajstić information content (AvgIpc) is 3.49. The Morgan fingerprint density at radius 3 is 2.42 bits per heavy atom. The molecule has 2 N–H and O–H groups in total. The Morgan fingerprint density at radius 1 is 1.14 bits per heavy atom. The molecule has 192 valence electrons. The fraction of sp³-hybridized carbons (Fsp3) is 0.500. The Bertz CT molecular complexity index is 1340. The summed E-state index contributed by atoms with van der Waals surface area (Å²) in [5.74, 6) is -2.58. The van der Waals surface area contributed by atoms with Gasteiger partial charge in [0, 0.05) is 23.7 Å². The largest absolute Gasteiger partial charge is 0.390 e. The lowest BCUT2D eigenvalue weighted by molar-refractivity contribution is -0.256. The molecule has 1 saturated heterocycles. The fourth-order valence-electron chi connectivity index (χ4n) is 6.72. The van der Waals surface area contributed by atoms with E-state index in [0.29, 0.717) is 31.7 Å². The highest BCUT2D eigenvalue weighted by Crippen LogP contribution is 2.69. The van der Waals surface area contributed by atoms with Crippen molar-refractivity contribution in [3.8, 4) is 11.1 Å². The molecular weight excluding hydrogens is 493 g/mol. The normalized spacial score (nSPS) is 34.1. The van der Waals surface area contributed by atoms with Crippen LogP contribution in [0.5, 0.6) is 0 Å². The van der Waals surface area contributed by atoms with Crippen LogP contribution in [-0.2, 0) is 21.2 Å². The third-order valence-corrected chi connectivity index (χ3v) is 9.85. The summed E-state index contributed by atoms with van der Waals surface area (Å²) in [4.78, 5) is 15.4. The van der Waals surface area contributed by atoms with Gasteiger partial charge in [-0.2, -0.15) is 0 Å². The van der Waals surface area contributed by atoms with Crippen LogP contribution >= 0.6 is 0 Å². The van der Waals surface area contributed by atoms with E-state index in [1.54, 1.807) is 17.0 Å². The summed E-state index contributed by atoms with van der Waals surface area (Å²) in [6.07, 6.45) is 1.93. The summed E-state index contributed by atoms with van der Waals surface area (Å²) >= 11 is 0. The van der Waals surface area contributed by atoms with Crippen molar-refractivity contribution >= 4 is 15.9 Å². The molecule has 5 fully saturated rings. The molecule has 1 heterocycles. The lowest BCUT2D eigenvalue weighted by Crippen LogP contribution is -2.73. The third-order valence-electron chi connectivity index (χ3n) is 8.46. The van der Waals surface area contributed by atoms with E-state index in [-0.39, 0.29) is 46.7 Å². The maximum atomic E-state index is 15.7. The lowest BCUT2D eigenvalue weighted by atomic mass is 9.40. The maximum absolute atomic E-state index is 15.7. The minimum Gasteiger partial charge on any atom is -0.390 e. The van der Waals surface area contributed by atoms with Gasteiger partial charge in [-0.05, 0) is 68.2 Å². The molecule has 2 aromatic rings. The Balaban J connectivity index is 1.35. The van der Waals surface area contributed by atoms with Gasteiger partial charge in [-0.25, -0.2) is 26.3 Å². The van der Waals surface area contributed by atoms with Crippen molar-refractivity contribution in [2.75, 3.05) is 5.75 Å². The molecule has 4 atom stereocenters. The summed E-state index contributed by atoms with van der Waals surface area (Å²) in [6, 6.07) is 6.09. The number of likely N-dealkylation sites (tertiary alicyclic amines) is 1. The average molecular weight is 521 g/mol. The number of carbonyl (C=O) groups is 1. The van der Waals surface area contributed by atoms with E-state index in [4.69, 9.17) is 0 Å². The predicted molar refractivity (Wildman–Crippen MR) is 126 cm³/mol. The highest BCUT2D eigenvalue weighted by Gasteiger charge is 2.74. The van der Waals surface area contributed by atoms with Crippen LogP contribution in [0.25, 0.3) is 11.1 Å². The minimum absolute atomic E-state index is 0.0271. The highest BCUT2D eigenvalue weighted by atomic mass is 32.2. The summed E-state index contributed by atoms with van der Waals surface area (Å²) < 4.78 is 71.0. The van der Waals surface area contributed by atoms with Gasteiger partial charge in [0.25, 0.3) is 0 Å². The Kier molecular flexibility index (Phi) is 5.18. The van der Waals surface area contributed by atoms with E-state index >= 15 is 4.39 Å². The molecule has 7 rings (SSSR count). The van der Waals surface area contributed by atoms with Crippen molar-refractivity contribution in [2.45, 2.75) is 62.8 Å². The van der Waals surface area contributed by atoms with Crippen LogP contribution in [-0.4, -0.2) is 53.8 Å². The Morgan fingerprint density at radius 2 is 1.81 bits per heavy atom. The van der Waals surface area contributed by atoms with Crippen molar-refractivity contribution in [1.29, 1.82) is 0 Å². The van der Waals surface area contributed by atoms with Gasteiger partial charge in [0.2, 0.25) is 15.9 Å². The van der Waals surface area contributed by atoms with Gasteiger partial charge in [0.05, 0.1) is 22.8 Å². The number of rotatable bonds is 7. The van der Waals surface area contributed by atoms with Gasteiger partial charge < -0.3 is 10.0 Å². The Labute approximate surface area is 207 Å². The van der Waals surface area contributed by atoms with Crippen LogP contribution in [0.2, 0.25) is 0 Å². The first-order valence-corrected chi connectivity index (χ1v) is 13.9. The van der Waals surface area contributed by atoms with Gasteiger partial charge in [-0.3, -0.25) is 4.79 Å². The van der Waals surface area contributed by atoms with Crippen LogP contribution in [0.15, 0.2) is 36.4 Å². The molecule has 0 unspecified atom stereocenters. The first-order valence-electron chi connectivity index (χ1n) is 12.2. The van der Waals surface area contributed by atoms with Gasteiger partial charge in [0.1, 0.15) is 17.5 Å². The molecule has 0 radical (unpaired) electrons. The first kappa shape index (κ1) is 23.9. The third kappa shape index (κ3) is 3.68. The number of amides is 1. The lowest BCUT2D eigenvalue weighted by Gasteiger charge is -2.67. The molecule has 10 heteroatoms. The molecule has 1 aliphatic heterocycles. The zero-order valence-corrected chi connectivity index (χ0v) is 20.5. The second-order valence-electron chi connectivity index (χ2n) is 11.0. The minimum atomic E-state index is -3.59. The number of nitrogens with one attached hydrogen (secondary N) is 1. The monoisotopic (exact) mass is 520 g/mol. The van der Waals surface area contributed by atoms with Gasteiger partial charge >= 0.3 is 0 Å². The maximum Gasteiger partial charge on any atom is 0.229 e. The molecular formula is C26H27F3N2O4S. The number of aliphatic hydroxyl groups is 1. The highest BCUT2D eigenvalue weighted by molar-refractivity contribution is 7.89. The van der Waals surface area contributed by atoms with E-state index in [0.717, 1.165) is 12.1 Å². The molecule has 2 bridgehead atoms. The quantitative estimate of drug-likeness (QED) is 0.588. The number of nitrogens with zero attached hydrogens (tertiary/aromatic N) is 1. The second-order valence-corrected chi connectivity index (χ2v) is 13.0. The van der Waals surface area contributed by atoms with Gasteiger partial charge in [-0.1, -0.05) is 18.2 Å². The van der Waals surface area contributed by atoms with Crippen LogP contribution in [0.1, 0.15) is 38.2 Å². The van der Waals surface area contributed by atoms with Crippen molar-refractivity contribution in [3.05, 3.63) is 59.4 Å². The molecule has 1 amide bonds. The molecule has 5 aliphatic rings. The SMILES string of the molecule is CCS(=O)(=O)N[C@@H]1[C@H]2C[C@H]2N(C(=O)C23CC(O)(C2)C3)[C@@H]1Cc1cccc(-c2cc(F)cc(F)c2)c1F. The number of sulfonamides is 1. The molecule has 6 nitrogen and oxygen atoms in total. The van der Waals surface area contributed by atoms with Crippen molar-refractivity contribution < 1.29 is 31.5 Å². The first-order chi connectivity index (χ1) is 16.9. The number of fused-ring (bicyclic) bond motifs is 1. The zero-order chi connectivity index (χ0) is 25.6. The topological polar surface area (TPSA) is 86.7 Å². The molecule has 0 spiro atoms. The summed E-state index contributed by atoms with van der Waals surface area (Å²) in [7, 11) is -3.59. The van der Waals surface area contributed by atoms with Crippen molar-refractivity contribution in [1.82, 2.24) is 9.62 Å². The van der Waals surface area contributed by atoms with Crippen LogP contribution in [0.3, 0.4) is 0 Å². The number of halogens is 3. The van der Waals surface area contributed by atoms with Crippen molar-refractivity contribution in [2.24, 2.45) is 11.3 Å². The van der Waals surface area contributed by atoms with Crippen LogP contribution in [0, 0.1) is 28.8 Å². The molecule has 0 aromatic heterocycles. The van der Waals surface area contributed by atoms with Gasteiger partial charge in [-0.15, -0.1) is 0 Å². The summed E-state index contributed by atoms with van der Waals surface area (Å²) in [5, 5.41) is 10.2. The smallest absolute Gasteiger partial charge is 0.229 e. The van der Waals surface area contributed by atoms with Gasteiger partial charge in [0.15, 0.2) is 0 Å². The molecule has 2 aromatic carbocycles.